The summed E-state index contributed by atoms with van der Waals surface area (Å²) in [6, 6.07) is 0. The molecule has 1 spiro atoms. The van der Waals surface area contributed by atoms with Gasteiger partial charge in [0.2, 0.25) is 5.91 Å². The largest absolute Gasteiger partial charge is 0.383 e. The van der Waals surface area contributed by atoms with Crippen molar-refractivity contribution in [3.05, 3.63) is 0 Å². The Kier molecular flexibility index (Phi) is 11.5. The number of methoxy groups -OCH3 is 1. The lowest BCUT2D eigenvalue weighted by atomic mass is 9.91. The van der Waals surface area contributed by atoms with Crippen LogP contribution in [0.5, 0.6) is 0 Å². The maximum atomic E-state index is 12.9. The third-order valence-corrected chi connectivity index (χ3v) is 5.54. The summed E-state index contributed by atoms with van der Waals surface area (Å²) in [7, 11) is 1.71. The van der Waals surface area contributed by atoms with Gasteiger partial charge in [-0.05, 0) is 50.9 Å². The van der Waals surface area contributed by atoms with Gasteiger partial charge in [-0.2, -0.15) is 0 Å². The fourth-order valence-electron chi connectivity index (χ4n) is 3.73. The number of carbonyl (C=O) groups excluding carboxylic acids is 1. The number of nitrogens with zero attached hydrogens (tertiary/aromatic N) is 2. The molecule has 0 aromatic heterocycles. The van der Waals surface area contributed by atoms with Crippen molar-refractivity contribution in [2.45, 2.75) is 33.1 Å². The third-order valence-electron chi connectivity index (χ3n) is 5.54. The molecule has 2 rings (SSSR count). The van der Waals surface area contributed by atoms with Crippen LogP contribution in [0.25, 0.3) is 0 Å². The van der Waals surface area contributed by atoms with E-state index in [1.54, 1.807) is 7.11 Å². The van der Waals surface area contributed by atoms with Crippen molar-refractivity contribution in [1.82, 2.24) is 15.1 Å². The third kappa shape index (κ3) is 6.03. The van der Waals surface area contributed by atoms with Gasteiger partial charge in [0.15, 0.2) is 0 Å². The van der Waals surface area contributed by atoms with Gasteiger partial charge in [-0.15, -0.1) is 24.8 Å². The first-order chi connectivity index (χ1) is 10.7. The molecule has 5 nitrogen and oxygen atoms in total. The van der Waals surface area contributed by atoms with E-state index in [4.69, 9.17) is 4.74 Å². The van der Waals surface area contributed by atoms with E-state index < -0.39 is 0 Å². The van der Waals surface area contributed by atoms with E-state index in [0.717, 1.165) is 65.1 Å². The van der Waals surface area contributed by atoms with Gasteiger partial charge in [-0.1, -0.05) is 13.8 Å². The SMILES string of the molecule is CCN(CC)CCN(CCOC)C(=O)C1CC12CCNCC2.Cl.Cl. The summed E-state index contributed by atoms with van der Waals surface area (Å²) in [5.41, 5.74) is 0.322. The van der Waals surface area contributed by atoms with Crippen molar-refractivity contribution in [3.8, 4) is 0 Å². The Morgan fingerprint density at radius 2 is 1.75 bits per heavy atom. The Morgan fingerprint density at radius 1 is 1.12 bits per heavy atom. The molecule has 1 atom stereocenters. The van der Waals surface area contributed by atoms with Crippen LogP contribution in [0.1, 0.15) is 33.1 Å². The molecule has 2 aliphatic rings. The van der Waals surface area contributed by atoms with E-state index in [1.165, 1.54) is 0 Å². The van der Waals surface area contributed by atoms with Crippen molar-refractivity contribution >= 4 is 30.7 Å². The summed E-state index contributed by atoms with van der Waals surface area (Å²) in [5, 5.41) is 3.41. The minimum Gasteiger partial charge on any atom is -0.383 e. The number of hydrogen-bond acceptors (Lipinski definition) is 4. The summed E-state index contributed by atoms with van der Waals surface area (Å²) >= 11 is 0. The van der Waals surface area contributed by atoms with E-state index in [2.05, 4.69) is 24.1 Å². The molecule has 0 bridgehead atoms. The molecule has 1 saturated carbocycles. The minimum atomic E-state index is 0. The molecule has 1 N–H and O–H groups in total. The van der Waals surface area contributed by atoms with Crippen molar-refractivity contribution in [2.75, 3.05) is 59.5 Å². The number of hydrogen-bond donors (Lipinski definition) is 1. The molecule has 1 amide bonds. The normalized spacial score (nSPS) is 21.1. The van der Waals surface area contributed by atoms with E-state index in [0.29, 0.717) is 17.9 Å². The second-order valence-electron chi connectivity index (χ2n) is 6.71. The molecule has 0 aromatic rings. The smallest absolute Gasteiger partial charge is 0.226 e. The summed E-state index contributed by atoms with van der Waals surface area (Å²) in [6.45, 7) is 11.7. The number of carbonyl (C=O) groups is 1. The fraction of sp³-hybridized carbons (Fsp3) is 0.941. The lowest BCUT2D eigenvalue weighted by Gasteiger charge is -2.29. The van der Waals surface area contributed by atoms with Crippen LogP contribution < -0.4 is 5.32 Å². The van der Waals surface area contributed by atoms with Gasteiger partial charge in [0.25, 0.3) is 0 Å². The Hall–Kier alpha value is -0.0700. The average Bonchev–Trinajstić information content (AvgIpc) is 3.24. The summed E-state index contributed by atoms with van der Waals surface area (Å²) < 4.78 is 5.20. The second kappa shape index (κ2) is 11.5. The molecule has 0 radical (unpaired) electrons. The monoisotopic (exact) mass is 383 g/mol. The molecule has 144 valence electrons. The van der Waals surface area contributed by atoms with Crippen LogP contribution in [0.15, 0.2) is 0 Å². The quantitative estimate of drug-likeness (QED) is 0.661. The van der Waals surface area contributed by atoms with Crippen LogP contribution in [0, 0.1) is 11.3 Å². The first-order valence-electron chi connectivity index (χ1n) is 8.87. The number of nitrogens with one attached hydrogen (secondary N) is 1. The Morgan fingerprint density at radius 3 is 2.29 bits per heavy atom. The molecule has 24 heavy (non-hydrogen) atoms. The molecule has 1 unspecified atom stereocenters. The van der Waals surface area contributed by atoms with Crippen molar-refractivity contribution in [1.29, 1.82) is 0 Å². The topological polar surface area (TPSA) is 44.8 Å². The van der Waals surface area contributed by atoms with Gasteiger partial charge in [-0.3, -0.25) is 4.79 Å². The van der Waals surface area contributed by atoms with Crippen molar-refractivity contribution in [2.24, 2.45) is 11.3 Å². The molecule has 1 heterocycles. The lowest BCUT2D eigenvalue weighted by Crippen LogP contribution is -2.42. The number of halogens is 2. The van der Waals surface area contributed by atoms with E-state index >= 15 is 0 Å². The van der Waals surface area contributed by atoms with Gasteiger partial charge >= 0.3 is 0 Å². The van der Waals surface area contributed by atoms with Crippen LogP contribution >= 0.6 is 24.8 Å². The van der Waals surface area contributed by atoms with Crippen LogP contribution in [0.2, 0.25) is 0 Å². The minimum absolute atomic E-state index is 0. The highest BCUT2D eigenvalue weighted by molar-refractivity contribution is 5.85. The van der Waals surface area contributed by atoms with Crippen molar-refractivity contribution in [3.63, 3.8) is 0 Å². The average molecular weight is 384 g/mol. The highest BCUT2D eigenvalue weighted by Gasteiger charge is 2.58. The Bertz CT molecular complexity index is 362. The molecular formula is C17H35Cl2N3O2. The zero-order chi connectivity index (χ0) is 16.0. The van der Waals surface area contributed by atoms with Gasteiger partial charge in [0.05, 0.1) is 6.61 Å². The van der Waals surface area contributed by atoms with Gasteiger partial charge in [0.1, 0.15) is 0 Å². The number of piperidine rings is 1. The predicted octanol–water partition coefficient (Wildman–Crippen LogP) is 2.04. The Labute approximate surface area is 159 Å². The van der Waals surface area contributed by atoms with Crippen LogP contribution in [-0.2, 0) is 9.53 Å². The molecule has 1 aliphatic heterocycles. The summed E-state index contributed by atoms with van der Waals surface area (Å²) in [5.74, 6) is 0.634. The summed E-state index contributed by atoms with van der Waals surface area (Å²) in [4.78, 5) is 17.3. The van der Waals surface area contributed by atoms with Gasteiger partial charge in [-0.25, -0.2) is 0 Å². The molecule has 1 saturated heterocycles. The maximum absolute atomic E-state index is 12.9. The van der Waals surface area contributed by atoms with E-state index in [1.807, 2.05) is 4.90 Å². The molecular weight excluding hydrogens is 349 g/mol. The van der Waals surface area contributed by atoms with Crippen LogP contribution in [-0.4, -0.2) is 75.2 Å². The molecule has 0 aromatic carbocycles. The fourth-order valence-corrected chi connectivity index (χ4v) is 3.73. The highest BCUT2D eigenvalue weighted by Crippen LogP contribution is 2.59. The number of amides is 1. The first-order valence-corrected chi connectivity index (χ1v) is 8.87. The predicted molar refractivity (Wildman–Crippen MR) is 103 cm³/mol. The van der Waals surface area contributed by atoms with E-state index in [-0.39, 0.29) is 30.7 Å². The molecule has 2 fully saturated rings. The Balaban J connectivity index is 0.00000264. The summed E-state index contributed by atoms with van der Waals surface area (Å²) in [6.07, 6.45) is 3.43. The zero-order valence-corrected chi connectivity index (χ0v) is 17.0. The van der Waals surface area contributed by atoms with Crippen molar-refractivity contribution < 1.29 is 9.53 Å². The standard InChI is InChI=1S/C17H33N3O2.2ClH/c1-4-19(5-2)10-11-20(12-13-22-3)16(21)15-14-17(15)6-8-18-9-7-17;;/h15,18H,4-14H2,1-3H3;2*1H. The lowest BCUT2D eigenvalue weighted by molar-refractivity contribution is -0.134. The number of rotatable bonds is 9. The zero-order valence-electron chi connectivity index (χ0n) is 15.4. The molecule has 1 aliphatic carbocycles. The van der Waals surface area contributed by atoms with E-state index in [9.17, 15) is 4.79 Å². The number of likely N-dealkylation sites (N-methyl/N-ethyl adjacent to an activating group) is 1. The highest BCUT2D eigenvalue weighted by atomic mass is 35.5. The molecule has 7 heteroatoms. The van der Waals surface area contributed by atoms with Gasteiger partial charge < -0.3 is 19.9 Å². The number of ether oxygens (including phenoxy) is 1. The maximum Gasteiger partial charge on any atom is 0.226 e. The second-order valence-corrected chi connectivity index (χ2v) is 6.71. The van der Waals surface area contributed by atoms with Crippen LogP contribution in [0.3, 0.4) is 0 Å². The van der Waals surface area contributed by atoms with Crippen LogP contribution in [0.4, 0.5) is 0 Å². The first kappa shape index (κ1) is 23.9. The van der Waals surface area contributed by atoms with Gasteiger partial charge in [0, 0.05) is 32.7 Å².